The molecule has 0 heterocycles. The second kappa shape index (κ2) is 7.21. The van der Waals surface area contributed by atoms with Crippen molar-refractivity contribution in [3.05, 3.63) is 34.9 Å². The van der Waals surface area contributed by atoms with E-state index >= 15 is 0 Å². The molecule has 0 fully saturated rings. The third-order valence-electron chi connectivity index (χ3n) is 2.76. The molecule has 7 heteroatoms. The molecule has 1 aromatic rings. The number of benzene rings is 1. The van der Waals surface area contributed by atoms with Gasteiger partial charge in [0.1, 0.15) is 0 Å². The zero-order valence-electron chi connectivity index (χ0n) is 11.2. The molecule has 0 aliphatic heterocycles. The zero-order chi connectivity index (χ0) is 14.5. The quantitative estimate of drug-likeness (QED) is 0.825. The van der Waals surface area contributed by atoms with Gasteiger partial charge in [-0.3, -0.25) is 0 Å². The summed E-state index contributed by atoms with van der Waals surface area (Å²) in [6.45, 7) is 1.17. The fraction of sp³-hybridized carbons (Fsp3) is 0.500. The second-order valence-corrected chi connectivity index (χ2v) is 6.94. The van der Waals surface area contributed by atoms with Crippen LogP contribution in [0.25, 0.3) is 0 Å². The molecule has 2 N–H and O–H groups in total. The van der Waals surface area contributed by atoms with Gasteiger partial charge in [-0.15, -0.1) is 0 Å². The van der Waals surface area contributed by atoms with Crippen molar-refractivity contribution in [3.63, 3.8) is 0 Å². The van der Waals surface area contributed by atoms with Gasteiger partial charge in [0.05, 0.1) is 0 Å². The van der Waals surface area contributed by atoms with Gasteiger partial charge in [0.2, 0.25) is 0 Å². The average Bonchev–Trinajstić information content (AvgIpc) is 2.35. The summed E-state index contributed by atoms with van der Waals surface area (Å²) in [5.74, 6) is 0. The molecule has 1 aromatic carbocycles. The molecule has 1 rings (SSSR count). The van der Waals surface area contributed by atoms with Crippen LogP contribution in [0.15, 0.2) is 24.3 Å². The van der Waals surface area contributed by atoms with Crippen molar-refractivity contribution in [2.45, 2.75) is 13.0 Å². The first kappa shape index (κ1) is 16.4. The third kappa shape index (κ3) is 4.74. The second-order valence-electron chi connectivity index (χ2n) is 4.36. The number of nitrogens with two attached hydrogens (primary N) is 1. The van der Waals surface area contributed by atoms with Gasteiger partial charge < -0.3 is 5.73 Å². The van der Waals surface area contributed by atoms with Crippen molar-refractivity contribution in [3.8, 4) is 0 Å². The van der Waals surface area contributed by atoms with Crippen LogP contribution < -0.4 is 5.73 Å². The molecule has 108 valence electrons. The van der Waals surface area contributed by atoms with Gasteiger partial charge in [-0.2, -0.15) is 17.0 Å². The molecule has 0 aromatic heterocycles. The predicted molar refractivity (Wildman–Crippen MR) is 78.1 cm³/mol. The average molecular weight is 306 g/mol. The normalized spacial score (nSPS) is 12.3. The predicted octanol–water partition coefficient (Wildman–Crippen LogP) is 1.30. The summed E-state index contributed by atoms with van der Waals surface area (Å²) in [5.41, 5.74) is 6.24. The van der Waals surface area contributed by atoms with Crippen molar-refractivity contribution in [1.29, 1.82) is 0 Å². The molecule has 5 nitrogen and oxygen atoms in total. The van der Waals surface area contributed by atoms with E-state index in [1.165, 1.54) is 8.61 Å². The number of rotatable bonds is 7. The summed E-state index contributed by atoms with van der Waals surface area (Å²) in [6.07, 6.45) is 0.640. The van der Waals surface area contributed by atoms with Crippen molar-refractivity contribution in [1.82, 2.24) is 8.61 Å². The topological polar surface area (TPSA) is 66.6 Å². The minimum absolute atomic E-state index is 0.288. The molecule has 0 aliphatic rings. The maximum absolute atomic E-state index is 12.2. The fourth-order valence-corrected chi connectivity index (χ4v) is 3.00. The van der Waals surface area contributed by atoms with Gasteiger partial charge in [-0.1, -0.05) is 23.7 Å². The minimum Gasteiger partial charge on any atom is -0.330 e. The van der Waals surface area contributed by atoms with Gasteiger partial charge >= 0.3 is 0 Å². The first-order valence-electron chi connectivity index (χ1n) is 6.00. The molecular formula is C12H20ClN3O2S. The Morgan fingerprint density at radius 1 is 1.26 bits per heavy atom. The molecule has 0 atom stereocenters. The smallest absolute Gasteiger partial charge is 0.281 e. The summed E-state index contributed by atoms with van der Waals surface area (Å²) in [7, 11) is -0.348. The SMILES string of the molecule is CN(CCCN)S(=O)(=O)N(C)Cc1cccc(Cl)c1. The van der Waals surface area contributed by atoms with Crippen LogP contribution >= 0.6 is 11.6 Å². The molecular weight excluding hydrogens is 286 g/mol. The summed E-state index contributed by atoms with van der Waals surface area (Å²) in [4.78, 5) is 0. The molecule has 0 aliphatic carbocycles. The lowest BCUT2D eigenvalue weighted by Crippen LogP contribution is -2.40. The van der Waals surface area contributed by atoms with Gasteiger partial charge in [0, 0.05) is 32.2 Å². The molecule has 0 saturated carbocycles. The van der Waals surface area contributed by atoms with Gasteiger partial charge in [0.25, 0.3) is 10.2 Å². The first-order chi connectivity index (χ1) is 8.87. The largest absolute Gasteiger partial charge is 0.330 e. The molecule has 19 heavy (non-hydrogen) atoms. The molecule has 0 radical (unpaired) electrons. The lowest BCUT2D eigenvalue weighted by Gasteiger charge is -2.24. The Bertz CT molecular complexity index is 507. The van der Waals surface area contributed by atoms with E-state index in [-0.39, 0.29) is 6.54 Å². The van der Waals surface area contributed by atoms with Crippen molar-refractivity contribution in [2.75, 3.05) is 27.2 Å². The highest BCUT2D eigenvalue weighted by atomic mass is 35.5. The highest BCUT2D eigenvalue weighted by Crippen LogP contribution is 2.14. The van der Waals surface area contributed by atoms with Crippen LogP contribution in [0.3, 0.4) is 0 Å². The Kier molecular flexibility index (Phi) is 6.22. The van der Waals surface area contributed by atoms with Gasteiger partial charge in [-0.25, -0.2) is 0 Å². The van der Waals surface area contributed by atoms with Crippen LogP contribution in [0.1, 0.15) is 12.0 Å². The van der Waals surface area contributed by atoms with Crippen molar-refractivity contribution >= 4 is 21.8 Å². The van der Waals surface area contributed by atoms with Crippen LogP contribution in [-0.2, 0) is 16.8 Å². The van der Waals surface area contributed by atoms with Crippen molar-refractivity contribution < 1.29 is 8.42 Å². The molecule has 0 spiro atoms. The number of nitrogens with zero attached hydrogens (tertiary/aromatic N) is 2. The van der Waals surface area contributed by atoms with Gasteiger partial charge in [-0.05, 0) is 30.7 Å². The van der Waals surface area contributed by atoms with E-state index in [0.717, 1.165) is 5.56 Å². The third-order valence-corrected chi connectivity index (χ3v) is 4.88. The number of halogens is 1. The highest BCUT2D eigenvalue weighted by Gasteiger charge is 2.23. The summed E-state index contributed by atoms with van der Waals surface area (Å²) in [6, 6.07) is 7.16. The molecule has 0 unspecified atom stereocenters. The maximum atomic E-state index is 12.2. The van der Waals surface area contributed by atoms with Crippen molar-refractivity contribution in [2.24, 2.45) is 5.73 Å². The lowest BCUT2D eigenvalue weighted by molar-refractivity contribution is 0.387. The minimum atomic E-state index is -3.45. The zero-order valence-corrected chi connectivity index (χ0v) is 12.8. The van der Waals surface area contributed by atoms with E-state index in [1.54, 1.807) is 32.3 Å². The highest BCUT2D eigenvalue weighted by molar-refractivity contribution is 7.86. The van der Waals surface area contributed by atoms with Gasteiger partial charge in [0.15, 0.2) is 0 Å². The summed E-state index contributed by atoms with van der Waals surface area (Å²) >= 11 is 5.88. The van der Waals surface area contributed by atoms with E-state index in [1.807, 2.05) is 6.07 Å². The van der Waals surface area contributed by atoms with Crippen LogP contribution in [0.2, 0.25) is 5.02 Å². The monoisotopic (exact) mass is 305 g/mol. The Morgan fingerprint density at radius 3 is 2.53 bits per heavy atom. The molecule has 0 amide bonds. The Hall–Kier alpha value is -0.660. The van der Waals surface area contributed by atoms with Crippen LogP contribution in [0, 0.1) is 0 Å². The summed E-state index contributed by atoms with van der Waals surface area (Å²) < 4.78 is 27.0. The van der Waals surface area contributed by atoms with E-state index < -0.39 is 10.2 Å². The van der Waals surface area contributed by atoms with E-state index in [9.17, 15) is 8.42 Å². The lowest BCUT2D eigenvalue weighted by atomic mass is 10.2. The number of hydrogen-bond donors (Lipinski definition) is 1. The molecule has 0 saturated heterocycles. The van der Waals surface area contributed by atoms with Crippen LogP contribution in [-0.4, -0.2) is 44.2 Å². The summed E-state index contributed by atoms with van der Waals surface area (Å²) in [5, 5.41) is 0.597. The van der Waals surface area contributed by atoms with E-state index in [4.69, 9.17) is 17.3 Å². The van der Waals surface area contributed by atoms with Crippen LogP contribution in [0.5, 0.6) is 0 Å². The number of hydrogen-bond acceptors (Lipinski definition) is 3. The fourth-order valence-electron chi connectivity index (χ4n) is 1.64. The first-order valence-corrected chi connectivity index (χ1v) is 7.77. The maximum Gasteiger partial charge on any atom is 0.281 e. The van der Waals surface area contributed by atoms with E-state index in [0.29, 0.717) is 24.5 Å². The van der Waals surface area contributed by atoms with E-state index in [2.05, 4.69) is 0 Å². The Labute approximate surface area is 120 Å². The molecule has 0 bridgehead atoms. The Morgan fingerprint density at radius 2 is 1.95 bits per heavy atom. The standard InChI is InChI=1S/C12H20ClN3O2S/c1-15(8-4-7-14)19(17,18)16(2)10-11-5-3-6-12(13)9-11/h3,5-6,9H,4,7-8,10,14H2,1-2H3. The Balaban J connectivity index is 2.73. The van der Waals surface area contributed by atoms with Crippen LogP contribution in [0.4, 0.5) is 0 Å².